The van der Waals surface area contributed by atoms with Crippen LogP contribution in [0, 0.1) is 5.92 Å². The zero-order valence-electron chi connectivity index (χ0n) is 16.2. The topological polar surface area (TPSA) is 99.9 Å². The molecule has 2 unspecified atom stereocenters. The molecule has 27 heavy (non-hydrogen) atoms. The smallest absolute Gasteiger partial charge is 0.320 e. The highest BCUT2D eigenvalue weighted by atomic mass is 16.2. The molecule has 3 N–H and O–H groups in total. The highest BCUT2D eigenvalue weighted by Gasteiger charge is 2.34. The Morgan fingerprint density at radius 1 is 1.19 bits per heavy atom. The van der Waals surface area contributed by atoms with E-state index in [4.69, 9.17) is 0 Å². The summed E-state index contributed by atoms with van der Waals surface area (Å²) in [5.74, 6) is 1.44. The van der Waals surface area contributed by atoms with Crippen LogP contribution >= 0.6 is 0 Å². The lowest BCUT2D eigenvalue weighted by atomic mass is 9.92. The molecule has 0 bridgehead atoms. The third-order valence-electron chi connectivity index (χ3n) is 5.98. The van der Waals surface area contributed by atoms with Gasteiger partial charge in [-0.1, -0.05) is 6.92 Å². The van der Waals surface area contributed by atoms with Gasteiger partial charge in [0, 0.05) is 39.4 Å². The molecule has 2 aliphatic heterocycles. The van der Waals surface area contributed by atoms with E-state index in [1.54, 1.807) is 6.33 Å². The quantitative estimate of drug-likeness (QED) is 0.867. The van der Waals surface area contributed by atoms with E-state index >= 15 is 0 Å². The van der Waals surface area contributed by atoms with Gasteiger partial charge in [0.05, 0.1) is 11.4 Å². The number of piperidine rings is 2. The first kappa shape index (κ1) is 19.4. The molecule has 0 aliphatic carbocycles. The van der Waals surface area contributed by atoms with Crippen molar-refractivity contribution in [2.75, 3.05) is 38.1 Å². The van der Waals surface area contributed by atoms with Crippen LogP contribution in [0.2, 0.25) is 0 Å². The summed E-state index contributed by atoms with van der Waals surface area (Å²) in [7, 11) is 2.09. The SMILES string of the molecule is CC1CCN(C(=O)N2CCCCC2)CC1N(C)c1ncnc2[nH]ccc12.O. The minimum absolute atomic E-state index is 0. The van der Waals surface area contributed by atoms with Gasteiger partial charge in [-0.2, -0.15) is 0 Å². The lowest BCUT2D eigenvalue weighted by Crippen LogP contribution is -2.56. The van der Waals surface area contributed by atoms with Gasteiger partial charge in [-0.15, -0.1) is 0 Å². The lowest BCUT2D eigenvalue weighted by molar-refractivity contribution is 0.119. The number of likely N-dealkylation sites (tertiary alicyclic amines) is 2. The molecule has 8 nitrogen and oxygen atoms in total. The van der Waals surface area contributed by atoms with Gasteiger partial charge in [-0.05, 0) is 37.7 Å². The number of aromatic nitrogens is 3. The van der Waals surface area contributed by atoms with Crippen molar-refractivity contribution in [3.8, 4) is 0 Å². The lowest BCUT2D eigenvalue weighted by Gasteiger charge is -2.44. The highest BCUT2D eigenvalue weighted by molar-refractivity contribution is 5.87. The maximum Gasteiger partial charge on any atom is 0.320 e. The maximum absolute atomic E-state index is 12.9. The number of H-pyrrole nitrogens is 1. The summed E-state index contributed by atoms with van der Waals surface area (Å²) < 4.78 is 0. The molecule has 0 radical (unpaired) electrons. The van der Waals surface area contributed by atoms with E-state index in [9.17, 15) is 4.79 Å². The fourth-order valence-corrected chi connectivity index (χ4v) is 4.31. The maximum atomic E-state index is 12.9. The van der Waals surface area contributed by atoms with Crippen molar-refractivity contribution in [2.24, 2.45) is 5.92 Å². The van der Waals surface area contributed by atoms with E-state index in [2.05, 4.69) is 33.8 Å². The average molecular weight is 374 g/mol. The molecule has 0 saturated carbocycles. The van der Waals surface area contributed by atoms with Crippen LogP contribution in [0.15, 0.2) is 18.6 Å². The number of amides is 2. The van der Waals surface area contributed by atoms with Gasteiger partial charge >= 0.3 is 6.03 Å². The number of nitrogens with one attached hydrogen (secondary N) is 1. The minimum atomic E-state index is 0. The molecule has 2 amide bonds. The number of aromatic amines is 1. The molecule has 2 aromatic rings. The summed E-state index contributed by atoms with van der Waals surface area (Å²) in [5, 5.41) is 1.03. The van der Waals surface area contributed by atoms with Crippen LogP contribution in [0.1, 0.15) is 32.6 Å². The molecule has 0 spiro atoms. The van der Waals surface area contributed by atoms with Crippen LogP contribution < -0.4 is 4.90 Å². The first-order valence-electron chi connectivity index (χ1n) is 9.70. The number of rotatable bonds is 2. The number of fused-ring (bicyclic) bond motifs is 1. The van der Waals surface area contributed by atoms with Gasteiger partial charge in [0.1, 0.15) is 17.8 Å². The van der Waals surface area contributed by atoms with E-state index in [0.717, 1.165) is 62.3 Å². The Hall–Kier alpha value is -2.35. The zero-order chi connectivity index (χ0) is 18.1. The summed E-state index contributed by atoms with van der Waals surface area (Å²) in [6.45, 7) is 5.69. The molecule has 2 fully saturated rings. The standard InChI is InChI=1S/C19H28N6O.H2O/c1-14-7-11-25(19(26)24-9-4-3-5-10-24)12-16(14)23(2)18-15-6-8-20-17(15)21-13-22-18;/h6,8,13-14,16H,3-5,7,9-12H2,1-2H3,(H,20,21,22);1H2. The Labute approximate surface area is 159 Å². The first-order valence-corrected chi connectivity index (χ1v) is 9.70. The van der Waals surface area contributed by atoms with Crippen LogP contribution in [0.5, 0.6) is 0 Å². The largest absolute Gasteiger partial charge is 0.412 e. The van der Waals surface area contributed by atoms with Crippen LogP contribution in [0.3, 0.4) is 0 Å². The molecule has 2 saturated heterocycles. The van der Waals surface area contributed by atoms with Crippen molar-refractivity contribution in [1.29, 1.82) is 0 Å². The zero-order valence-corrected chi connectivity index (χ0v) is 16.2. The predicted octanol–water partition coefficient (Wildman–Crippen LogP) is 1.89. The highest BCUT2D eigenvalue weighted by Crippen LogP contribution is 2.29. The Kier molecular flexibility index (Phi) is 5.84. The molecular formula is C19H30N6O2. The van der Waals surface area contributed by atoms with Crippen molar-refractivity contribution >= 4 is 22.9 Å². The molecule has 8 heteroatoms. The Morgan fingerprint density at radius 3 is 2.74 bits per heavy atom. The van der Waals surface area contributed by atoms with Crippen LogP contribution in [0.4, 0.5) is 10.6 Å². The van der Waals surface area contributed by atoms with Crippen LogP contribution in [-0.2, 0) is 0 Å². The van der Waals surface area contributed by atoms with Gasteiger partial charge in [0.15, 0.2) is 0 Å². The third-order valence-corrected chi connectivity index (χ3v) is 5.98. The molecule has 4 rings (SSSR count). The van der Waals surface area contributed by atoms with E-state index in [-0.39, 0.29) is 17.5 Å². The summed E-state index contributed by atoms with van der Waals surface area (Å²) in [5.41, 5.74) is 0.853. The van der Waals surface area contributed by atoms with Crippen LogP contribution in [-0.4, -0.2) is 75.5 Å². The van der Waals surface area contributed by atoms with E-state index < -0.39 is 0 Å². The van der Waals surface area contributed by atoms with E-state index in [1.165, 1.54) is 6.42 Å². The number of hydrogen-bond donors (Lipinski definition) is 1. The second-order valence-corrected chi connectivity index (χ2v) is 7.66. The first-order chi connectivity index (χ1) is 12.6. The normalized spacial score (nSPS) is 23.2. The Bertz CT molecular complexity index is 772. The van der Waals surface area contributed by atoms with Gasteiger partial charge in [-0.25, -0.2) is 14.8 Å². The molecule has 4 heterocycles. The molecule has 2 aliphatic rings. The Morgan fingerprint density at radius 2 is 1.96 bits per heavy atom. The van der Waals surface area contributed by atoms with Crippen molar-refractivity contribution in [3.63, 3.8) is 0 Å². The van der Waals surface area contributed by atoms with E-state index in [0.29, 0.717) is 5.92 Å². The summed E-state index contributed by atoms with van der Waals surface area (Å²) in [4.78, 5) is 31.2. The second-order valence-electron chi connectivity index (χ2n) is 7.66. The second kappa shape index (κ2) is 8.12. The number of nitrogens with zero attached hydrogens (tertiary/aromatic N) is 5. The molecule has 2 aromatic heterocycles. The van der Waals surface area contributed by atoms with Crippen molar-refractivity contribution < 1.29 is 10.3 Å². The van der Waals surface area contributed by atoms with Crippen LogP contribution in [0.25, 0.3) is 11.0 Å². The van der Waals surface area contributed by atoms with Crippen molar-refractivity contribution in [2.45, 2.75) is 38.6 Å². The molecule has 2 atom stereocenters. The molecule has 0 aromatic carbocycles. The van der Waals surface area contributed by atoms with Crippen molar-refractivity contribution in [1.82, 2.24) is 24.8 Å². The fraction of sp³-hybridized carbons (Fsp3) is 0.632. The third kappa shape index (κ3) is 3.71. The summed E-state index contributed by atoms with van der Waals surface area (Å²) in [6, 6.07) is 2.49. The number of carbonyl (C=O) groups is 1. The number of likely N-dealkylation sites (N-methyl/N-ethyl adjacent to an activating group) is 1. The number of anilines is 1. The monoisotopic (exact) mass is 374 g/mol. The van der Waals surface area contributed by atoms with Crippen molar-refractivity contribution in [3.05, 3.63) is 18.6 Å². The fourth-order valence-electron chi connectivity index (χ4n) is 4.31. The summed E-state index contributed by atoms with van der Waals surface area (Å²) >= 11 is 0. The number of urea groups is 1. The Balaban J connectivity index is 0.00000210. The van der Waals surface area contributed by atoms with Gasteiger partial charge in [0.25, 0.3) is 0 Å². The van der Waals surface area contributed by atoms with Gasteiger partial charge in [0.2, 0.25) is 0 Å². The predicted molar refractivity (Wildman–Crippen MR) is 106 cm³/mol. The van der Waals surface area contributed by atoms with Gasteiger partial charge in [-0.3, -0.25) is 0 Å². The van der Waals surface area contributed by atoms with Gasteiger partial charge < -0.3 is 25.2 Å². The van der Waals surface area contributed by atoms with E-state index in [1.807, 2.05) is 22.1 Å². The minimum Gasteiger partial charge on any atom is -0.412 e. The number of carbonyl (C=O) groups excluding carboxylic acids is 1. The average Bonchev–Trinajstić information content (AvgIpc) is 3.17. The summed E-state index contributed by atoms with van der Waals surface area (Å²) in [6.07, 6.45) is 8.03. The molecule has 148 valence electrons. The molecular weight excluding hydrogens is 344 g/mol. The number of hydrogen-bond acceptors (Lipinski definition) is 4.